The largest absolute Gasteiger partial charge is 0.494 e. The Morgan fingerprint density at radius 1 is 0.423 bits per heavy atom. The first kappa shape index (κ1) is 40.6. The van der Waals surface area contributed by atoms with E-state index in [0.717, 1.165) is 45.3 Å². The van der Waals surface area contributed by atoms with E-state index in [1.54, 1.807) is 0 Å². The summed E-state index contributed by atoms with van der Waals surface area (Å²) < 4.78 is 35.0. The molecular formula is C42H56N2O8. The first-order valence-corrected chi connectivity index (χ1v) is 18.4. The normalized spacial score (nSPS) is 12.5. The van der Waals surface area contributed by atoms with Gasteiger partial charge in [0.05, 0.1) is 51.8 Å². The van der Waals surface area contributed by atoms with Crippen LogP contribution in [0, 0.1) is 0 Å². The molecule has 2 atom stereocenters. The van der Waals surface area contributed by atoms with Crippen LogP contribution in [0.2, 0.25) is 0 Å². The average molecular weight is 717 g/mol. The lowest BCUT2D eigenvalue weighted by Gasteiger charge is -2.22. The summed E-state index contributed by atoms with van der Waals surface area (Å²) in [6, 6.07) is 31.4. The number of hydrogen-bond acceptors (Lipinski definition) is 10. The van der Waals surface area contributed by atoms with E-state index in [4.69, 9.17) is 28.4 Å². The van der Waals surface area contributed by atoms with Gasteiger partial charge in [0.15, 0.2) is 0 Å². The summed E-state index contributed by atoms with van der Waals surface area (Å²) in [6.45, 7) is 12.4. The van der Waals surface area contributed by atoms with E-state index >= 15 is 0 Å². The van der Waals surface area contributed by atoms with E-state index in [-0.39, 0.29) is 25.4 Å². The maximum Gasteiger partial charge on any atom is 0.119 e. The Balaban J connectivity index is 1.21. The zero-order valence-corrected chi connectivity index (χ0v) is 31.0. The number of benzene rings is 4. The third-order valence-electron chi connectivity index (χ3n) is 8.12. The molecule has 0 amide bonds. The molecule has 0 radical (unpaired) electrons. The van der Waals surface area contributed by atoms with Gasteiger partial charge in [-0.3, -0.25) is 0 Å². The quantitative estimate of drug-likeness (QED) is 0.0600. The molecule has 0 aliphatic rings. The monoisotopic (exact) mass is 716 g/mol. The minimum Gasteiger partial charge on any atom is -0.494 e. The molecule has 0 aliphatic heterocycles. The molecule has 0 saturated heterocycles. The molecule has 4 N–H and O–H groups in total. The second-order valence-corrected chi connectivity index (χ2v) is 12.2. The summed E-state index contributed by atoms with van der Waals surface area (Å²) in [4.78, 5) is 0. The Kier molecular flexibility index (Phi) is 17.7. The first-order valence-electron chi connectivity index (χ1n) is 18.4. The molecule has 0 heterocycles. The fourth-order valence-corrected chi connectivity index (χ4v) is 5.64. The molecule has 4 aromatic carbocycles. The van der Waals surface area contributed by atoms with Gasteiger partial charge in [0.25, 0.3) is 0 Å². The number of hydrogen-bond donors (Lipinski definition) is 4. The molecule has 10 heteroatoms. The van der Waals surface area contributed by atoms with Crippen LogP contribution in [0.15, 0.2) is 97.1 Å². The third-order valence-corrected chi connectivity index (χ3v) is 8.12. The third kappa shape index (κ3) is 13.4. The molecule has 0 aromatic heterocycles. The first-order chi connectivity index (χ1) is 25.4. The zero-order valence-electron chi connectivity index (χ0n) is 31.0. The highest BCUT2D eigenvalue weighted by Crippen LogP contribution is 2.31. The van der Waals surface area contributed by atoms with Gasteiger partial charge in [-0.2, -0.15) is 0 Å². The van der Waals surface area contributed by atoms with Crippen LogP contribution in [0.1, 0.15) is 62.2 Å². The van der Waals surface area contributed by atoms with Crippen molar-refractivity contribution >= 4 is 0 Å². The van der Waals surface area contributed by atoms with Gasteiger partial charge in [-0.25, -0.2) is 0 Å². The van der Waals surface area contributed by atoms with Crippen LogP contribution in [0.25, 0.3) is 0 Å². The Bertz CT molecular complexity index is 1300. The lowest BCUT2D eigenvalue weighted by atomic mass is 10.0. The highest BCUT2D eigenvalue weighted by Gasteiger charge is 2.19. The molecule has 0 aliphatic carbocycles. The van der Waals surface area contributed by atoms with Crippen LogP contribution in [0.4, 0.5) is 0 Å². The summed E-state index contributed by atoms with van der Waals surface area (Å²) in [5, 5.41) is 28.0. The maximum absolute atomic E-state index is 10.7. The van der Waals surface area contributed by atoms with Crippen molar-refractivity contribution in [2.45, 2.75) is 52.1 Å². The molecular weight excluding hydrogens is 660 g/mol. The predicted molar refractivity (Wildman–Crippen MR) is 204 cm³/mol. The molecule has 0 spiro atoms. The summed E-state index contributed by atoms with van der Waals surface area (Å²) in [6.07, 6.45) is -2.16. The molecule has 52 heavy (non-hydrogen) atoms. The van der Waals surface area contributed by atoms with E-state index in [9.17, 15) is 10.2 Å². The predicted octanol–water partition coefficient (Wildman–Crippen LogP) is 6.09. The number of aliphatic hydroxyl groups is 2. The molecule has 10 nitrogen and oxygen atoms in total. The Labute approximate surface area is 309 Å². The molecule has 0 saturated carbocycles. The molecule has 4 rings (SSSR count). The average Bonchev–Trinajstić information content (AvgIpc) is 3.16. The van der Waals surface area contributed by atoms with Crippen molar-refractivity contribution < 1.29 is 38.6 Å². The topological polar surface area (TPSA) is 120 Å². The molecule has 282 valence electrons. The lowest BCUT2D eigenvalue weighted by molar-refractivity contribution is 0.00542. The summed E-state index contributed by atoms with van der Waals surface area (Å²) in [5.74, 6) is 3.19. The minimum atomic E-state index is -0.714. The van der Waals surface area contributed by atoms with Crippen molar-refractivity contribution in [3.8, 4) is 23.0 Å². The molecule has 0 unspecified atom stereocenters. The van der Waals surface area contributed by atoms with Gasteiger partial charge in [-0.1, -0.05) is 48.5 Å². The Morgan fingerprint density at radius 3 is 0.904 bits per heavy atom. The summed E-state index contributed by atoms with van der Waals surface area (Å²) in [7, 11) is 0. The van der Waals surface area contributed by atoms with Crippen LogP contribution in [-0.2, 0) is 9.47 Å². The molecule has 4 aromatic rings. The van der Waals surface area contributed by atoms with Crippen molar-refractivity contribution in [3.05, 3.63) is 119 Å². The van der Waals surface area contributed by atoms with Crippen molar-refractivity contribution in [2.24, 2.45) is 0 Å². The highest BCUT2D eigenvalue weighted by molar-refractivity contribution is 5.38. The van der Waals surface area contributed by atoms with Crippen LogP contribution >= 0.6 is 0 Å². The molecule has 0 fully saturated rings. The van der Waals surface area contributed by atoms with Gasteiger partial charge in [0.1, 0.15) is 35.2 Å². The summed E-state index contributed by atoms with van der Waals surface area (Å²) >= 11 is 0. The van der Waals surface area contributed by atoms with E-state index in [0.29, 0.717) is 52.6 Å². The maximum atomic E-state index is 10.7. The number of nitrogens with one attached hydrogen (secondary N) is 2. The second-order valence-electron chi connectivity index (χ2n) is 12.2. The zero-order chi connectivity index (χ0) is 37.0. The Morgan fingerprint density at radius 2 is 0.673 bits per heavy atom. The van der Waals surface area contributed by atoms with Crippen LogP contribution < -0.4 is 29.6 Å². The van der Waals surface area contributed by atoms with Gasteiger partial charge in [-0.05, 0) is 98.5 Å². The second kappa shape index (κ2) is 22.7. The minimum absolute atomic E-state index is 0.144. The number of ether oxygens (including phenoxy) is 6. The SMILES string of the molecule is CCOc1ccc(C(OC[C@@H](O)CNCCNC[C@H](O)COC(c2ccc(OCC)cc2)c2ccc(OCC)cc2)c2ccc(OCC)cc2)cc1. The van der Waals surface area contributed by atoms with Gasteiger partial charge in [0.2, 0.25) is 0 Å². The van der Waals surface area contributed by atoms with E-state index in [2.05, 4.69) is 10.6 Å². The van der Waals surface area contributed by atoms with Gasteiger partial charge in [-0.15, -0.1) is 0 Å². The number of aliphatic hydroxyl groups excluding tert-OH is 2. The molecule has 0 bridgehead atoms. The van der Waals surface area contributed by atoms with Crippen LogP contribution in [0.3, 0.4) is 0 Å². The van der Waals surface area contributed by atoms with Crippen LogP contribution in [-0.4, -0.2) is 88.2 Å². The lowest BCUT2D eigenvalue weighted by Crippen LogP contribution is -2.38. The van der Waals surface area contributed by atoms with Crippen molar-refractivity contribution in [1.82, 2.24) is 10.6 Å². The van der Waals surface area contributed by atoms with E-state index in [1.165, 1.54) is 0 Å². The Hall–Kier alpha value is -4.16. The number of rotatable bonds is 25. The van der Waals surface area contributed by atoms with E-state index < -0.39 is 12.2 Å². The van der Waals surface area contributed by atoms with Crippen molar-refractivity contribution in [1.29, 1.82) is 0 Å². The van der Waals surface area contributed by atoms with Crippen LogP contribution in [0.5, 0.6) is 23.0 Å². The smallest absolute Gasteiger partial charge is 0.119 e. The summed E-state index contributed by atoms with van der Waals surface area (Å²) in [5.41, 5.74) is 3.85. The van der Waals surface area contributed by atoms with Gasteiger partial charge < -0.3 is 49.3 Å². The fourth-order valence-electron chi connectivity index (χ4n) is 5.64. The van der Waals surface area contributed by atoms with E-state index in [1.807, 2.05) is 125 Å². The fraction of sp³-hybridized carbons (Fsp3) is 0.429. The standard InChI is InChI=1S/C42H56N2O8/c1-5-47-37-17-9-31(10-18-37)41(32-11-19-38(20-12-32)48-6-2)51-29-35(45)27-43-25-26-44-28-36(46)30-52-42(33-13-21-39(22-14-33)49-7-3)34-15-23-40(24-16-34)50-8-4/h9-24,35-36,41-46H,5-8,25-30H2,1-4H3/t35-,36-/m0/s1. The van der Waals surface area contributed by atoms with Gasteiger partial charge in [0, 0.05) is 26.2 Å². The van der Waals surface area contributed by atoms with Crippen molar-refractivity contribution in [3.63, 3.8) is 0 Å². The van der Waals surface area contributed by atoms with Gasteiger partial charge >= 0.3 is 0 Å². The highest BCUT2D eigenvalue weighted by atomic mass is 16.5. The van der Waals surface area contributed by atoms with Crippen molar-refractivity contribution in [2.75, 3.05) is 65.8 Å².